The van der Waals surface area contributed by atoms with Gasteiger partial charge in [0, 0.05) is 0 Å². The van der Waals surface area contributed by atoms with Gasteiger partial charge in [-0.15, -0.1) is 0 Å². The number of carbonyl (C=O) groups excluding carboxylic acids is 2. The maximum Gasteiger partial charge on any atom is 0.416 e. The molecule has 1 fully saturated rings. The smallest absolute Gasteiger partial charge is 0.282 e. The number of rotatable bonds is 1. The van der Waals surface area contributed by atoms with Crippen LogP contribution in [0.5, 0.6) is 0 Å². The van der Waals surface area contributed by atoms with E-state index in [2.05, 4.69) is 0 Å². The van der Waals surface area contributed by atoms with E-state index in [1.54, 1.807) is 0 Å². The average molecular weight is 291 g/mol. The van der Waals surface area contributed by atoms with Gasteiger partial charge in [-0.3, -0.25) is 14.9 Å². The Balaban J connectivity index is 2.50. The summed E-state index contributed by atoms with van der Waals surface area (Å²) in [7, 11) is 0. The Kier molecular flexibility index (Phi) is 3.36. The fourth-order valence-electron chi connectivity index (χ4n) is 1.47. The van der Waals surface area contributed by atoms with Gasteiger partial charge in [-0.05, 0) is 41.6 Å². The molecule has 0 spiro atoms. The van der Waals surface area contributed by atoms with Gasteiger partial charge in [0.1, 0.15) is 5.82 Å². The Morgan fingerprint density at radius 3 is 2.42 bits per heavy atom. The third kappa shape index (κ3) is 2.95. The van der Waals surface area contributed by atoms with Crippen LogP contribution in [0.25, 0.3) is 6.08 Å². The zero-order valence-corrected chi connectivity index (χ0v) is 9.86. The van der Waals surface area contributed by atoms with Crippen molar-refractivity contribution in [3.05, 3.63) is 40.0 Å². The van der Waals surface area contributed by atoms with Gasteiger partial charge in [-0.1, -0.05) is 0 Å². The molecular formula is C11H5F4NO2S. The number of amides is 2. The van der Waals surface area contributed by atoms with Gasteiger partial charge in [0.25, 0.3) is 11.1 Å². The molecule has 0 aromatic heterocycles. The number of benzene rings is 1. The third-order valence-corrected chi connectivity index (χ3v) is 3.06. The predicted molar refractivity (Wildman–Crippen MR) is 60.5 cm³/mol. The van der Waals surface area contributed by atoms with Gasteiger partial charge >= 0.3 is 6.18 Å². The van der Waals surface area contributed by atoms with Crippen molar-refractivity contribution in [3.63, 3.8) is 0 Å². The molecular weight excluding hydrogens is 286 g/mol. The number of thioether (sulfide) groups is 1. The molecule has 0 saturated carbocycles. The standard InChI is InChI=1S/C11H5F4NO2S/c12-6-1-2-7(11(13,14)15)5(3-6)4-8-9(17)16-10(18)19-8/h1-4H,(H,16,17,18)/b8-4+. The first kappa shape index (κ1) is 13.6. The second-order valence-corrected chi connectivity index (χ2v) is 4.60. The molecule has 0 aliphatic carbocycles. The Morgan fingerprint density at radius 1 is 1.21 bits per heavy atom. The lowest BCUT2D eigenvalue weighted by molar-refractivity contribution is -0.137. The van der Waals surface area contributed by atoms with E-state index in [9.17, 15) is 27.2 Å². The molecule has 1 aliphatic rings. The second-order valence-electron chi connectivity index (χ2n) is 3.58. The summed E-state index contributed by atoms with van der Waals surface area (Å²) < 4.78 is 51.1. The molecule has 1 aromatic carbocycles. The number of hydrogen-bond donors (Lipinski definition) is 1. The molecule has 1 aliphatic heterocycles. The zero-order valence-electron chi connectivity index (χ0n) is 9.05. The third-order valence-electron chi connectivity index (χ3n) is 2.25. The van der Waals surface area contributed by atoms with Crippen LogP contribution >= 0.6 is 11.8 Å². The molecule has 2 amide bonds. The molecule has 3 nitrogen and oxygen atoms in total. The minimum absolute atomic E-state index is 0.207. The molecule has 1 heterocycles. The first-order valence-electron chi connectivity index (χ1n) is 4.89. The first-order valence-corrected chi connectivity index (χ1v) is 5.70. The highest BCUT2D eigenvalue weighted by atomic mass is 32.2. The summed E-state index contributed by atoms with van der Waals surface area (Å²) in [6.45, 7) is 0. The largest absolute Gasteiger partial charge is 0.416 e. The number of imide groups is 1. The highest BCUT2D eigenvalue weighted by molar-refractivity contribution is 8.18. The number of hydrogen-bond acceptors (Lipinski definition) is 3. The van der Waals surface area contributed by atoms with Crippen molar-refractivity contribution in [3.8, 4) is 0 Å². The lowest BCUT2D eigenvalue weighted by atomic mass is 10.1. The van der Waals surface area contributed by atoms with Crippen LogP contribution in [0.3, 0.4) is 0 Å². The number of alkyl halides is 3. The lowest BCUT2D eigenvalue weighted by Gasteiger charge is -2.10. The molecule has 8 heteroatoms. The zero-order chi connectivity index (χ0) is 14.2. The van der Waals surface area contributed by atoms with E-state index in [1.807, 2.05) is 5.32 Å². The summed E-state index contributed by atoms with van der Waals surface area (Å²) in [4.78, 5) is 21.9. The summed E-state index contributed by atoms with van der Waals surface area (Å²) in [5, 5.41) is 1.22. The number of halogens is 4. The molecule has 19 heavy (non-hydrogen) atoms. The van der Waals surface area contributed by atoms with Crippen molar-refractivity contribution in [2.24, 2.45) is 0 Å². The summed E-state index contributed by atoms with van der Waals surface area (Å²) in [6, 6.07) is 1.92. The van der Waals surface area contributed by atoms with Crippen LogP contribution in [-0.2, 0) is 11.0 Å². The maximum absolute atomic E-state index is 13.0. The van der Waals surface area contributed by atoms with Crippen molar-refractivity contribution in [2.75, 3.05) is 0 Å². The van der Waals surface area contributed by atoms with E-state index in [-0.39, 0.29) is 4.91 Å². The highest BCUT2D eigenvalue weighted by Gasteiger charge is 2.34. The van der Waals surface area contributed by atoms with Crippen molar-refractivity contribution in [2.45, 2.75) is 6.18 Å². The summed E-state index contributed by atoms with van der Waals surface area (Å²) in [5.74, 6) is -1.66. The average Bonchev–Trinajstić information content (AvgIpc) is 2.55. The second kappa shape index (κ2) is 4.69. The first-order chi connectivity index (χ1) is 8.77. The van der Waals surface area contributed by atoms with Crippen LogP contribution in [0.1, 0.15) is 11.1 Å². The normalized spacial score (nSPS) is 18.0. The fourth-order valence-corrected chi connectivity index (χ4v) is 2.15. The quantitative estimate of drug-likeness (QED) is 0.638. The molecule has 0 radical (unpaired) electrons. The molecule has 1 saturated heterocycles. The molecule has 2 rings (SSSR count). The molecule has 0 atom stereocenters. The summed E-state index contributed by atoms with van der Waals surface area (Å²) >= 11 is 0.465. The maximum atomic E-state index is 13.0. The van der Waals surface area contributed by atoms with Gasteiger partial charge in [0.15, 0.2) is 0 Å². The lowest BCUT2D eigenvalue weighted by Crippen LogP contribution is -2.18. The topological polar surface area (TPSA) is 46.2 Å². The monoisotopic (exact) mass is 291 g/mol. The molecule has 100 valence electrons. The molecule has 0 unspecified atom stereocenters. The van der Waals surface area contributed by atoms with Crippen LogP contribution in [0.2, 0.25) is 0 Å². The fraction of sp³-hybridized carbons (Fsp3) is 0.0909. The minimum Gasteiger partial charge on any atom is -0.282 e. The van der Waals surface area contributed by atoms with Gasteiger partial charge in [0.05, 0.1) is 10.5 Å². The van der Waals surface area contributed by atoms with E-state index in [0.29, 0.717) is 30.0 Å². The van der Waals surface area contributed by atoms with Crippen molar-refractivity contribution in [1.82, 2.24) is 5.32 Å². The van der Waals surface area contributed by atoms with Crippen LogP contribution in [0.4, 0.5) is 22.4 Å². The predicted octanol–water partition coefficient (Wildman–Crippen LogP) is 3.17. The number of nitrogens with one attached hydrogen (secondary N) is 1. The van der Waals surface area contributed by atoms with E-state index in [4.69, 9.17) is 0 Å². The van der Waals surface area contributed by atoms with Crippen molar-refractivity contribution in [1.29, 1.82) is 0 Å². The van der Waals surface area contributed by atoms with Gasteiger partial charge < -0.3 is 0 Å². The van der Waals surface area contributed by atoms with E-state index in [1.165, 1.54) is 0 Å². The van der Waals surface area contributed by atoms with E-state index in [0.717, 1.165) is 6.08 Å². The Labute approximate surface area is 108 Å². The van der Waals surface area contributed by atoms with Crippen LogP contribution < -0.4 is 5.32 Å². The molecule has 0 bridgehead atoms. The van der Waals surface area contributed by atoms with Gasteiger partial charge in [-0.25, -0.2) is 4.39 Å². The Morgan fingerprint density at radius 2 is 1.89 bits per heavy atom. The molecule has 1 N–H and O–H groups in total. The van der Waals surface area contributed by atoms with Crippen LogP contribution in [0.15, 0.2) is 23.1 Å². The van der Waals surface area contributed by atoms with Gasteiger partial charge in [-0.2, -0.15) is 13.2 Å². The molecule has 1 aromatic rings. The van der Waals surface area contributed by atoms with Crippen molar-refractivity contribution < 1.29 is 27.2 Å². The SMILES string of the molecule is O=C1NC(=O)/C(=C\c2cc(F)ccc2C(F)(F)F)S1. The number of carbonyl (C=O) groups is 2. The summed E-state index contributed by atoms with van der Waals surface area (Å²) in [6.07, 6.45) is -3.83. The van der Waals surface area contributed by atoms with Crippen molar-refractivity contribution >= 4 is 29.0 Å². The van der Waals surface area contributed by atoms with Crippen LogP contribution in [-0.4, -0.2) is 11.1 Å². The minimum atomic E-state index is -4.68. The summed E-state index contributed by atoms with van der Waals surface area (Å²) in [5.41, 5.74) is -1.58. The van der Waals surface area contributed by atoms with Gasteiger partial charge in [0.2, 0.25) is 0 Å². The van der Waals surface area contributed by atoms with Crippen LogP contribution in [0, 0.1) is 5.82 Å². The Bertz CT molecular complexity index is 595. The highest BCUT2D eigenvalue weighted by Crippen LogP contribution is 2.35. The van der Waals surface area contributed by atoms with E-state index >= 15 is 0 Å². The Hall–Kier alpha value is -1.83. The van der Waals surface area contributed by atoms with E-state index < -0.39 is 34.3 Å².